The van der Waals surface area contributed by atoms with Crippen LogP contribution >= 0.6 is 0 Å². The molecule has 7 nitrogen and oxygen atoms in total. The first-order chi connectivity index (χ1) is 22.1. The van der Waals surface area contributed by atoms with Gasteiger partial charge >= 0.3 is 0 Å². The van der Waals surface area contributed by atoms with Gasteiger partial charge in [0.2, 0.25) is 5.91 Å². The molecule has 45 heavy (non-hydrogen) atoms. The number of benzene rings is 3. The number of fused-ring (bicyclic) bond motifs is 1. The Bertz CT molecular complexity index is 1390. The molecule has 3 fully saturated rings. The lowest BCUT2D eigenvalue weighted by atomic mass is 9.93. The highest BCUT2D eigenvalue weighted by atomic mass is 16.5. The van der Waals surface area contributed by atoms with Crippen molar-refractivity contribution in [3.05, 3.63) is 83.9 Å². The molecule has 2 aliphatic heterocycles. The van der Waals surface area contributed by atoms with Crippen molar-refractivity contribution in [2.45, 2.75) is 69.4 Å². The van der Waals surface area contributed by atoms with E-state index in [4.69, 9.17) is 4.74 Å². The van der Waals surface area contributed by atoms with Crippen LogP contribution in [-0.4, -0.2) is 85.7 Å². The lowest BCUT2D eigenvalue weighted by Crippen LogP contribution is -2.59. The molecule has 2 N–H and O–H groups in total. The van der Waals surface area contributed by atoms with E-state index in [1.165, 1.54) is 24.9 Å². The minimum atomic E-state index is -0.863. The highest BCUT2D eigenvalue weighted by molar-refractivity contribution is 6.02. The largest absolute Gasteiger partial charge is 0.381 e. The molecule has 7 heteroatoms. The molecule has 0 aromatic heterocycles. The van der Waals surface area contributed by atoms with Crippen LogP contribution in [0.4, 0.5) is 0 Å². The molecule has 0 radical (unpaired) electrons. The van der Waals surface area contributed by atoms with Gasteiger partial charge in [-0.3, -0.25) is 9.59 Å². The summed E-state index contributed by atoms with van der Waals surface area (Å²) in [5, 5.41) is 8.77. The second-order valence-electron chi connectivity index (χ2n) is 13.5. The predicted molar refractivity (Wildman–Crippen MR) is 180 cm³/mol. The van der Waals surface area contributed by atoms with E-state index in [9.17, 15) is 9.59 Å². The number of carbonyl (C=O) groups excluding carboxylic acids is 2. The van der Waals surface area contributed by atoms with Crippen LogP contribution in [0.15, 0.2) is 72.8 Å². The van der Waals surface area contributed by atoms with Crippen molar-refractivity contribution in [2.75, 3.05) is 52.5 Å². The fourth-order valence-electron chi connectivity index (χ4n) is 7.51. The van der Waals surface area contributed by atoms with Crippen LogP contribution in [0.2, 0.25) is 0 Å². The van der Waals surface area contributed by atoms with E-state index in [0.29, 0.717) is 18.4 Å². The molecule has 2 amide bonds. The minimum absolute atomic E-state index is 0.0183. The third-order valence-electron chi connectivity index (χ3n) is 10.3. The first kappa shape index (κ1) is 31.7. The van der Waals surface area contributed by atoms with Crippen molar-refractivity contribution in [2.24, 2.45) is 5.92 Å². The maximum absolute atomic E-state index is 14.1. The summed E-state index contributed by atoms with van der Waals surface area (Å²) in [6.45, 7) is 8.61. The second-order valence-corrected chi connectivity index (χ2v) is 13.5. The lowest BCUT2D eigenvalue weighted by Gasteiger charge is -2.37. The van der Waals surface area contributed by atoms with Crippen LogP contribution in [0, 0.1) is 5.92 Å². The summed E-state index contributed by atoms with van der Waals surface area (Å²) in [6, 6.07) is 24.3. The van der Waals surface area contributed by atoms with Crippen LogP contribution in [0.5, 0.6) is 0 Å². The van der Waals surface area contributed by atoms with Gasteiger partial charge in [0, 0.05) is 57.5 Å². The molecular formula is C38H50N4O3. The van der Waals surface area contributed by atoms with Gasteiger partial charge in [0.25, 0.3) is 5.91 Å². The summed E-state index contributed by atoms with van der Waals surface area (Å²) in [4.78, 5) is 32.8. The quantitative estimate of drug-likeness (QED) is 0.286. The molecule has 0 unspecified atom stereocenters. The molecule has 6 rings (SSSR count). The Morgan fingerprint density at radius 3 is 2.29 bits per heavy atom. The zero-order valence-corrected chi connectivity index (χ0v) is 26.7. The van der Waals surface area contributed by atoms with Crippen molar-refractivity contribution in [1.82, 2.24) is 20.4 Å². The second kappa shape index (κ2) is 15.4. The normalized spacial score (nSPS) is 20.2. The molecule has 3 aromatic carbocycles. The van der Waals surface area contributed by atoms with Crippen LogP contribution in [-0.2, 0) is 16.0 Å². The summed E-state index contributed by atoms with van der Waals surface area (Å²) in [6.07, 6.45) is 8.37. The van der Waals surface area contributed by atoms with Crippen molar-refractivity contribution in [1.29, 1.82) is 0 Å². The molecule has 0 spiro atoms. The molecule has 2 heterocycles. The van der Waals surface area contributed by atoms with Gasteiger partial charge in [-0.2, -0.15) is 0 Å². The Balaban J connectivity index is 1.05. The maximum atomic E-state index is 14.1. The van der Waals surface area contributed by atoms with E-state index in [1.54, 1.807) is 0 Å². The molecule has 1 saturated carbocycles. The molecule has 3 aromatic rings. The summed E-state index contributed by atoms with van der Waals surface area (Å²) < 4.78 is 5.54. The molecule has 3 aliphatic rings. The number of amides is 2. The van der Waals surface area contributed by atoms with E-state index in [0.717, 1.165) is 94.7 Å². The maximum Gasteiger partial charge on any atom is 0.252 e. The van der Waals surface area contributed by atoms with Gasteiger partial charge in [-0.15, -0.1) is 0 Å². The Labute approximate surface area is 268 Å². The van der Waals surface area contributed by atoms with Crippen molar-refractivity contribution < 1.29 is 14.3 Å². The average molecular weight is 611 g/mol. The SMILES string of the molecule is O=C(NC1(C(=O)N[C@H](CCCN2CCN(CC3CCOCC3)CC2)Cc2ccccc2)CCCC1)c1ccc2ccccc2c1. The fourth-order valence-corrected chi connectivity index (χ4v) is 7.51. The van der Waals surface area contributed by atoms with Gasteiger partial charge in [0.1, 0.15) is 5.54 Å². The van der Waals surface area contributed by atoms with Crippen molar-refractivity contribution >= 4 is 22.6 Å². The zero-order valence-electron chi connectivity index (χ0n) is 26.7. The standard InChI is InChI=1S/C38H50N4O3/c43-36(34-15-14-32-11-4-5-12-33(32)28-34)40-38(18-6-7-19-38)37(44)39-35(27-30-9-2-1-3-10-30)13-8-20-41-21-23-42(24-22-41)29-31-16-25-45-26-17-31/h1-5,9-12,14-15,28,31,35H,6-8,13,16-27,29H2,(H,39,44)(H,40,43)/t35-/m1/s1. The Kier molecular flexibility index (Phi) is 10.8. The monoisotopic (exact) mass is 610 g/mol. The Hall–Kier alpha value is -3.26. The van der Waals surface area contributed by atoms with E-state index in [2.05, 4.69) is 44.7 Å². The van der Waals surface area contributed by atoms with Gasteiger partial charge in [-0.1, -0.05) is 73.5 Å². The van der Waals surface area contributed by atoms with Crippen molar-refractivity contribution in [3.63, 3.8) is 0 Å². The van der Waals surface area contributed by atoms with E-state index >= 15 is 0 Å². The number of ether oxygens (including phenoxy) is 1. The molecule has 1 atom stereocenters. The molecule has 1 aliphatic carbocycles. The highest BCUT2D eigenvalue weighted by Gasteiger charge is 2.43. The van der Waals surface area contributed by atoms with Gasteiger partial charge in [0.15, 0.2) is 0 Å². The van der Waals surface area contributed by atoms with Crippen LogP contribution in [0.3, 0.4) is 0 Å². The van der Waals surface area contributed by atoms with E-state index in [1.807, 2.05) is 48.5 Å². The summed E-state index contributed by atoms with van der Waals surface area (Å²) in [7, 11) is 0. The molecule has 2 saturated heterocycles. The van der Waals surface area contributed by atoms with Gasteiger partial charge < -0.3 is 25.2 Å². The number of carbonyl (C=O) groups is 2. The third kappa shape index (κ3) is 8.51. The van der Waals surface area contributed by atoms with Gasteiger partial charge in [-0.05, 0) is 85.9 Å². The number of piperazine rings is 1. The molecule has 240 valence electrons. The number of nitrogens with one attached hydrogen (secondary N) is 2. The number of rotatable bonds is 12. The Morgan fingerprint density at radius 2 is 1.53 bits per heavy atom. The summed E-state index contributed by atoms with van der Waals surface area (Å²) in [5.41, 5.74) is 0.963. The smallest absolute Gasteiger partial charge is 0.252 e. The minimum Gasteiger partial charge on any atom is -0.381 e. The van der Waals surface area contributed by atoms with Gasteiger partial charge in [0.05, 0.1) is 0 Å². The first-order valence-corrected chi connectivity index (χ1v) is 17.2. The highest BCUT2D eigenvalue weighted by Crippen LogP contribution is 2.31. The van der Waals surface area contributed by atoms with Crippen LogP contribution in [0.1, 0.15) is 67.3 Å². The topological polar surface area (TPSA) is 73.9 Å². The lowest BCUT2D eigenvalue weighted by molar-refractivity contribution is -0.128. The molecule has 0 bridgehead atoms. The molecular weight excluding hydrogens is 560 g/mol. The van der Waals surface area contributed by atoms with Gasteiger partial charge in [-0.25, -0.2) is 0 Å². The zero-order chi connectivity index (χ0) is 30.9. The predicted octanol–water partition coefficient (Wildman–Crippen LogP) is 5.43. The number of hydrogen-bond donors (Lipinski definition) is 2. The summed E-state index contributed by atoms with van der Waals surface area (Å²) in [5.74, 6) is 0.582. The van der Waals surface area contributed by atoms with Crippen LogP contribution in [0.25, 0.3) is 10.8 Å². The number of hydrogen-bond acceptors (Lipinski definition) is 5. The Morgan fingerprint density at radius 1 is 0.844 bits per heavy atom. The van der Waals surface area contributed by atoms with Crippen LogP contribution < -0.4 is 10.6 Å². The van der Waals surface area contributed by atoms with E-state index < -0.39 is 5.54 Å². The third-order valence-corrected chi connectivity index (χ3v) is 10.3. The summed E-state index contributed by atoms with van der Waals surface area (Å²) >= 11 is 0. The number of nitrogens with zero attached hydrogens (tertiary/aromatic N) is 2. The van der Waals surface area contributed by atoms with E-state index in [-0.39, 0.29) is 17.9 Å². The average Bonchev–Trinajstić information content (AvgIpc) is 3.56. The van der Waals surface area contributed by atoms with Crippen molar-refractivity contribution in [3.8, 4) is 0 Å². The first-order valence-electron chi connectivity index (χ1n) is 17.2. The fraction of sp³-hybridized carbons (Fsp3) is 0.526.